The molecule has 0 fully saturated rings. The highest BCUT2D eigenvalue weighted by atomic mass is 19.4. The first kappa shape index (κ1) is 16.5. The van der Waals surface area contributed by atoms with E-state index >= 15 is 0 Å². The fourth-order valence-electron chi connectivity index (χ4n) is 2.89. The van der Waals surface area contributed by atoms with Gasteiger partial charge < -0.3 is 10.4 Å². The largest absolute Gasteiger partial charge is 0.418 e. The van der Waals surface area contributed by atoms with E-state index in [1.165, 1.54) is 24.1 Å². The smallest absolute Gasteiger partial charge is 0.364 e. The summed E-state index contributed by atoms with van der Waals surface area (Å²) < 4.78 is 39.4. The van der Waals surface area contributed by atoms with Crippen LogP contribution in [-0.4, -0.2) is 23.0 Å². The van der Waals surface area contributed by atoms with Gasteiger partial charge in [-0.3, -0.25) is 9.69 Å². The van der Waals surface area contributed by atoms with E-state index in [0.29, 0.717) is 0 Å². The zero-order chi connectivity index (χ0) is 17.5. The van der Waals surface area contributed by atoms with E-state index in [4.69, 9.17) is 0 Å². The first-order chi connectivity index (χ1) is 11.2. The molecule has 0 bridgehead atoms. The number of benzene rings is 2. The van der Waals surface area contributed by atoms with Crippen molar-refractivity contribution in [3.05, 3.63) is 65.2 Å². The lowest BCUT2D eigenvalue weighted by atomic mass is 9.99. The van der Waals surface area contributed by atoms with Crippen molar-refractivity contribution in [3.8, 4) is 0 Å². The van der Waals surface area contributed by atoms with Gasteiger partial charge in [0.05, 0.1) is 11.3 Å². The average Bonchev–Trinajstić information content (AvgIpc) is 2.80. The highest BCUT2D eigenvalue weighted by molar-refractivity contribution is 6.05. The fraction of sp³-hybridized carbons (Fsp3) is 0.235. The summed E-state index contributed by atoms with van der Waals surface area (Å²) in [5.41, 5.74) is -2.80. The van der Waals surface area contributed by atoms with Crippen molar-refractivity contribution in [1.29, 1.82) is 0 Å². The molecule has 4 nitrogen and oxygen atoms in total. The lowest BCUT2D eigenvalue weighted by Gasteiger charge is -2.32. The number of anilines is 1. The average molecular weight is 336 g/mol. The van der Waals surface area contributed by atoms with Crippen LogP contribution < -0.4 is 5.32 Å². The lowest BCUT2D eigenvalue weighted by Crippen LogP contribution is -2.48. The van der Waals surface area contributed by atoms with Crippen LogP contribution in [0.25, 0.3) is 0 Å². The van der Waals surface area contributed by atoms with E-state index in [2.05, 4.69) is 5.32 Å². The number of aliphatic hydroxyl groups is 1. The zero-order valence-electron chi connectivity index (χ0n) is 12.8. The Morgan fingerprint density at radius 2 is 1.79 bits per heavy atom. The molecule has 2 aromatic carbocycles. The molecule has 0 saturated heterocycles. The normalized spacial score (nSPS) is 20.2. The van der Waals surface area contributed by atoms with E-state index in [1.807, 2.05) is 6.07 Å². The summed E-state index contributed by atoms with van der Waals surface area (Å²) in [7, 11) is 1.49. The summed E-state index contributed by atoms with van der Waals surface area (Å²) in [4.78, 5) is 13.6. The van der Waals surface area contributed by atoms with Crippen molar-refractivity contribution in [2.75, 3.05) is 12.4 Å². The third-order valence-electron chi connectivity index (χ3n) is 4.12. The maximum atomic E-state index is 13.1. The molecular weight excluding hydrogens is 321 g/mol. The predicted molar refractivity (Wildman–Crippen MR) is 81.9 cm³/mol. The maximum absolute atomic E-state index is 13.1. The zero-order valence-corrected chi connectivity index (χ0v) is 12.8. The molecule has 1 heterocycles. The number of amides is 1. The highest BCUT2D eigenvalue weighted by Gasteiger charge is 2.51. The van der Waals surface area contributed by atoms with Crippen LogP contribution >= 0.6 is 0 Å². The summed E-state index contributed by atoms with van der Waals surface area (Å²) in [6.07, 6.45) is -4.62. The number of alkyl halides is 3. The molecule has 2 N–H and O–H groups in total. The van der Waals surface area contributed by atoms with Crippen molar-refractivity contribution in [2.24, 2.45) is 0 Å². The van der Waals surface area contributed by atoms with Crippen molar-refractivity contribution in [1.82, 2.24) is 4.90 Å². The fourth-order valence-corrected chi connectivity index (χ4v) is 2.89. The summed E-state index contributed by atoms with van der Waals surface area (Å²) in [5, 5.41) is 13.1. The van der Waals surface area contributed by atoms with Crippen molar-refractivity contribution in [3.63, 3.8) is 0 Å². The Bertz CT molecular complexity index is 777. The quantitative estimate of drug-likeness (QED) is 0.848. The minimum atomic E-state index is -4.62. The number of rotatable bonds is 3. The van der Waals surface area contributed by atoms with Gasteiger partial charge in [-0.1, -0.05) is 42.5 Å². The molecule has 7 heteroatoms. The summed E-state index contributed by atoms with van der Waals surface area (Å²) in [6, 6.07) is 12.4. The maximum Gasteiger partial charge on any atom is 0.418 e. The number of carbonyl (C=O) groups is 1. The van der Waals surface area contributed by atoms with Gasteiger partial charge in [-0.05, 0) is 18.7 Å². The Hall–Kier alpha value is -2.38. The lowest BCUT2D eigenvalue weighted by molar-refractivity contribution is -0.156. The molecule has 1 amide bonds. The number of para-hydroxylation sites is 1. The highest BCUT2D eigenvalue weighted by Crippen LogP contribution is 2.45. The molecule has 0 radical (unpaired) electrons. The number of carbonyl (C=O) groups excluding carboxylic acids is 1. The predicted octanol–water partition coefficient (Wildman–Crippen LogP) is 2.93. The molecule has 126 valence electrons. The van der Waals surface area contributed by atoms with Gasteiger partial charge in [0, 0.05) is 12.1 Å². The molecule has 0 unspecified atom stereocenters. The second-order valence-corrected chi connectivity index (χ2v) is 5.69. The van der Waals surface area contributed by atoms with Gasteiger partial charge in [-0.15, -0.1) is 0 Å². The summed E-state index contributed by atoms with van der Waals surface area (Å²) >= 11 is 0. The van der Waals surface area contributed by atoms with E-state index in [1.54, 1.807) is 24.3 Å². The van der Waals surface area contributed by atoms with Gasteiger partial charge in [-0.25, -0.2) is 0 Å². The Morgan fingerprint density at radius 1 is 1.12 bits per heavy atom. The topological polar surface area (TPSA) is 52.6 Å². The minimum Gasteiger partial charge on any atom is -0.364 e. The van der Waals surface area contributed by atoms with Crippen LogP contribution in [0, 0.1) is 0 Å². The van der Waals surface area contributed by atoms with E-state index in [0.717, 1.165) is 11.6 Å². The molecule has 0 spiro atoms. The number of hydrogen-bond acceptors (Lipinski definition) is 3. The molecule has 1 atom stereocenters. The van der Waals surface area contributed by atoms with Gasteiger partial charge in [-0.2, -0.15) is 13.2 Å². The van der Waals surface area contributed by atoms with Gasteiger partial charge >= 0.3 is 6.18 Å². The van der Waals surface area contributed by atoms with Crippen molar-refractivity contribution in [2.45, 2.75) is 18.4 Å². The number of nitrogens with one attached hydrogen (secondary N) is 1. The molecule has 1 aliphatic rings. The Balaban J connectivity index is 2.02. The molecule has 3 rings (SSSR count). The van der Waals surface area contributed by atoms with Crippen LogP contribution in [-0.2, 0) is 23.2 Å². The monoisotopic (exact) mass is 336 g/mol. The van der Waals surface area contributed by atoms with Crippen LogP contribution in [0.4, 0.5) is 18.9 Å². The number of nitrogens with zero attached hydrogens (tertiary/aromatic N) is 1. The number of fused-ring (bicyclic) bond motifs is 1. The van der Waals surface area contributed by atoms with Crippen LogP contribution in [0.2, 0.25) is 0 Å². The van der Waals surface area contributed by atoms with E-state index in [-0.39, 0.29) is 12.1 Å². The second kappa shape index (κ2) is 5.61. The van der Waals surface area contributed by atoms with E-state index < -0.39 is 29.1 Å². The second-order valence-electron chi connectivity index (χ2n) is 5.69. The molecule has 0 saturated carbocycles. The Morgan fingerprint density at radius 3 is 2.42 bits per heavy atom. The van der Waals surface area contributed by atoms with Crippen molar-refractivity contribution >= 4 is 11.6 Å². The molecule has 1 aliphatic heterocycles. The molecule has 24 heavy (non-hydrogen) atoms. The van der Waals surface area contributed by atoms with Crippen LogP contribution in [0.15, 0.2) is 48.5 Å². The molecular formula is C17H15F3N2O2. The van der Waals surface area contributed by atoms with Gasteiger partial charge in [0.25, 0.3) is 5.91 Å². The van der Waals surface area contributed by atoms with Crippen molar-refractivity contribution < 1.29 is 23.1 Å². The molecule has 0 aromatic heterocycles. The van der Waals surface area contributed by atoms with Crippen LogP contribution in [0.5, 0.6) is 0 Å². The van der Waals surface area contributed by atoms with Gasteiger partial charge in [0.2, 0.25) is 5.72 Å². The first-order valence-corrected chi connectivity index (χ1v) is 7.24. The Kier molecular flexibility index (Phi) is 3.85. The number of likely N-dealkylation sites (N-methyl/N-ethyl adjacent to an activating group) is 1. The summed E-state index contributed by atoms with van der Waals surface area (Å²) in [5.74, 6) is -0.896. The van der Waals surface area contributed by atoms with Gasteiger partial charge in [0.1, 0.15) is 0 Å². The third-order valence-corrected chi connectivity index (χ3v) is 4.12. The number of halogens is 3. The Labute approximate surface area is 136 Å². The minimum absolute atomic E-state index is 0.0965. The van der Waals surface area contributed by atoms with Gasteiger partial charge in [0.15, 0.2) is 0 Å². The van der Waals surface area contributed by atoms with Crippen LogP contribution in [0.3, 0.4) is 0 Å². The third kappa shape index (κ3) is 2.55. The molecule has 0 aliphatic carbocycles. The van der Waals surface area contributed by atoms with Crippen LogP contribution in [0.1, 0.15) is 16.7 Å². The SMILES string of the molecule is CN(Cc1ccccc1)[C@@]1(O)C(=O)Nc2c(C(F)(F)F)cccc21. The first-order valence-electron chi connectivity index (χ1n) is 7.24. The number of hydrogen-bond donors (Lipinski definition) is 2. The standard InChI is InChI=1S/C17H15F3N2O2/c1-22(10-11-6-3-2-4-7-11)16(24)12-8-5-9-13(17(18,19)20)14(12)21-15(16)23/h2-9,24H,10H2,1H3,(H,21,23)/t16-/m0/s1. The van der Waals surface area contributed by atoms with E-state index in [9.17, 15) is 23.1 Å². The summed E-state index contributed by atoms with van der Waals surface area (Å²) in [6.45, 7) is 0.195. The molecule has 2 aromatic rings.